The molecule has 0 heterocycles. The molecule has 0 unspecified atom stereocenters. The molecule has 0 aliphatic heterocycles. The zero-order valence-electron chi connectivity index (χ0n) is 11.9. The van der Waals surface area contributed by atoms with Crippen LogP contribution in [0.3, 0.4) is 0 Å². The first-order chi connectivity index (χ1) is 9.52. The predicted octanol–water partition coefficient (Wildman–Crippen LogP) is 2.98. The summed E-state index contributed by atoms with van der Waals surface area (Å²) < 4.78 is 5.08. The minimum Gasteiger partial charge on any atom is -0.482 e. The van der Waals surface area contributed by atoms with E-state index in [1.54, 1.807) is 18.2 Å². The molecule has 0 aliphatic rings. The number of nitrogens with one attached hydrogen (secondary N) is 1. The number of carboxylic acid groups (broad SMARTS) is 1. The highest BCUT2D eigenvalue weighted by Crippen LogP contribution is 2.21. The Balaban J connectivity index is 2.54. The molecule has 20 heavy (non-hydrogen) atoms. The van der Waals surface area contributed by atoms with E-state index in [1.807, 2.05) is 6.92 Å². The van der Waals surface area contributed by atoms with Crippen molar-refractivity contribution in [3.05, 3.63) is 23.8 Å². The fourth-order valence-corrected chi connectivity index (χ4v) is 1.76. The minimum atomic E-state index is -1.02. The van der Waals surface area contributed by atoms with E-state index in [9.17, 15) is 9.59 Å². The zero-order chi connectivity index (χ0) is 15.0. The Hall–Kier alpha value is -2.04. The number of aryl methyl sites for hydroxylation is 1. The van der Waals surface area contributed by atoms with Crippen molar-refractivity contribution in [3.8, 4) is 5.75 Å². The SMILES string of the molecule is CCCCCC(=O)Nc1ccc(OCC(=O)O)cc1C. The van der Waals surface area contributed by atoms with Gasteiger partial charge >= 0.3 is 5.97 Å². The van der Waals surface area contributed by atoms with E-state index in [1.165, 1.54) is 0 Å². The Kier molecular flexibility index (Phi) is 6.56. The minimum absolute atomic E-state index is 0.000698. The van der Waals surface area contributed by atoms with Gasteiger partial charge in [0.1, 0.15) is 5.75 Å². The van der Waals surface area contributed by atoms with Crippen LogP contribution in [0.25, 0.3) is 0 Å². The molecule has 0 saturated carbocycles. The third-order valence-electron chi connectivity index (χ3n) is 2.84. The lowest BCUT2D eigenvalue weighted by Crippen LogP contribution is -2.12. The summed E-state index contributed by atoms with van der Waals surface area (Å²) in [4.78, 5) is 22.1. The van der Waals surface area contributed by atoms with Gasteiger partial charge in [-0.25, -0.2) is 4.79 Å². The summed E-state index contributed by atoms with van der Waals surface area (Å²) in [5.74, 6) is -0.536. The second-order valence-electron chi connectivity index (χ2n) is 4.66. The Morgan fingerprint density at radius 2 is 2.05 bits per heavy atom. The van der Waals surface area contributed by atoms with Crippen LogP contribution in [0.4, 0.5) is 5.69 Å². The number of aliphatic carboxylic acids is 1. The Bertz CT molecular complexity index is 471. The number of amides is 1. The number of unbranched alkanes of at least 4 members (excludes halogenated alkanes) is 2. The van der Waals surface area contributed by atoms with Crippen LogP contribution < -0.4 is 10.1 Å². The van der Waals surface area contributed by atoms with Gasteiger partial charge in [0.05, 0.1) is 0 Å². The average molecular weight is 279 g/mol. The molecule has 1 aromatic carbocycles. The summed E-state index contributed by atoms with van der Waals surface area (Å²) >= 11 is 0. The van der Waals surface area contributed by atoms with Gasteiger partial charge in [-0.2, -0.15) is 0 Å². The number of hydrogen-bond donors (Lipinski definition) is 2. The summed E-state index contributed by atoms with van der Waals surface area (Å²) in [6, 6.07) is 5.09. The normalized spacial score (nSPS) is 10.1. The van der Waals surface area contributed by atoms with E-state index in [4.69, 9.17) is 9.84 Å². The highest BCUT2D eigenvalue weighted by Gasteiger charge is 2.06. The molecule has 110 valence electrons. The van der Waals surface area contributed by atoms with Crippen molar-refractivity contribution in [2.45, 2.75) is 39.5 Å². The van der Waals surface area contributed by atoms with Gasteiger partial charge in [0.15, 0.2) is 6.61 Å². The molecule has 0 radical (unpaired) electrons. The van der Waals surface area contributed by atoms with Gasteiger partial charge in [0.2, 0.25) is 5.91 Å². The number of rotatable bonds is 8. The maximum atomic E-state index is 11.7. The van der Waals surface area contributed by atoms with Crippen LogP contribution >= 0.6 is 0 Å². The summed E-state index contributed by atoms with van der Waals surface area (Å²) in [6.07, 6.45) is 3.54. The second-order valence-corrected chi connectivity index (χ2v) is 4.66. The van der Waals surface area contributed by atoms with Crippen LogP contribution in [0.1, 0.15) is 38.2 Å². The Morgan fingerprint density at radius 3 is 2.65 bits per heavy atom. The molecule has 0 aliphatic carbocycles. The smallest absolute Gasteiger partial charge is 0.341 e. The second kappa shape index (κ2) is 8.19. The van der Waals surface area contributed by atoms with Crippen LogP contribution in [0.5, 0.6) is 5.75 Å². The first kappa shape index (κ1) is 16.0. The molecule has 1 aromatic rings. The quantitative estimate of drug-likeness (QED) is 0.717. The molecular formula is C15H21NO4. The molecule has 0 bridgehead atoms. The highest BCUT2D eigenvalue weighted by molar-refractivity contribution is 5.91. The van der Waals surface area contributed by atoms with Gasteiger partial charge in [0, 0.05) is 12.1 Å². The number of carboxylic acids is 1. The van der Waals surface area contributed by atoms with E-state index in [0.717, 1.165) is 30.5 Å². The van der Waals surface area contributed by atoms with Crippen molar-refractivity contribution in [1.82, 2.24) is 0 Å². The maximum Gasteiger partial charge on any atom is 0.341 e. The largest absolute Gasteiger partial charge is 0.482 e. The number of carbonyl (C=O) groups excluding carboxylic acids is 1. The number of anilines is 1. The van der Waals surface area contributed by atoms with E-state index < -0.39 is 5.97 Å². The molecule has 0 atom stereocenters. The molecule has 0 fully saturated rings. The molecule has 5 nitrogen and oxygen atoms in total. The van der Waals surface area contributed by atoms with Crippen LogP contribution in [-0.2, 0) is 9.59 Å². The number of carbonyl (C=O) groups is 2. The van der Waals surface area contributed by atoms with Crippen LogP contribution in [0, 0.1) is 6.92 Å². The standard InChI is InChI=1S/C15H21NO4/c1-3-4-5-6-14(17)16-13-8-7-12(9-11(13)2)20-10-15(18)19/h7-9H,3-6,10H2,1-2H3,(H,16,17)(H,18,19). The zero-order valence-corrected chi connectivity index (χ0v) is 11.9. The number of ether oxygens (including phenoxy) is 1. The summed E-state index contributed by atoms with van der Waals surface area (Å²) in [6.45, 7) is 3.56. The Morgan fingerprint density at radius 1 is 1.30 bits per heavy atom. The average Bonchev–Trinajstić information content (AvgIpc) is 2.39. The van der Waals surface area contributed by atoms with Gasteiger partial charge in [-0.15, -0.1) is 0 Å². The summed E-state index contributed by atoms with van der Waals surface area (Å²) in [5.41, 5.74) is 1.57. The first-order valence-corrected chi connectivity index (χ1v) is 6.78. The molecule has 0 aromatic heterocycles. The molecule has 1 amide bonds. The van der Waals surface area contributed by atoms with Crippen LogP contribution in [-0.4, -0.2) is 23.6 Å². The molecule has 1 rings (SSSR count). The summed E-state index contributed by atoms with van der Waals surface area (Å²) in [5, 5.41) is 11.4. The molecule has 2 N–H and O–H groups in total. The van der Waals surface area contributed by atoms with Gasteiger partial charge in [0.25, 0.3) is 0 Å². The molecular weight excluding hydrogens is 258 g/mol. The summed E-state index contributed by atoms with van der Waals surface area (Å²) in [7, 11) is 0. The lowest BCUT2D eigenvalue weighted by atomic mass is 10.1. The van der Waals surface area contributed by atoms with Gasteiger partial charge in [-0.3, -0.25) is 4.79 Å². The van der Waals surface area contributed by atoms with Gasteiger partial charge in [-0.05, 0) is 37.1 Å². The van der Waals surface area contributed by atoms with E-state index in [-0.39, 0.29) is 12.5 Å². The fourth-order valence-electron chi connectivity index (χ4n) is 1.76. The van der Waals surface area contributed by atoms with Gasteiger partial charge in [-0.1, -0.05) is 19.8 Å². The van der Waals surface area contributed by atoms with Crippen molar-refractivity contribution >= 4 is 17.6 Å². The van der Waals surface area contributed by atoms with Crippen molar-refractivity contribution in [1.29, 1.82) is 0 Å². The van der Waals surface area contributed by atoms with Gasteiger partial charge < -0.3 is 15.2 Å². The van der Waals surface area contributed by atoms with Crippen molar-refractivity contribution in [2.75, 3.05) is 11.9 Å². The molecule has 5 heteroatoms. The van der Waals surface area contributed by atoms with Crippen molar-refractivity contribution in [3.63, 3.8) is 0 Å². The van der Waals surface area contributed by atoms with E-state index in [2.05, 4.69) is 12.2 Å². The third-order valence-corrected chi connectivity index (χ3v) is 2.84. The molecule has 0 spiro atoms. The molecule has 0 saturated heterocycles. The van der Waals surface area contributed by atoms with Crippen molar-refractivity contribution < 1.29 is 19.4 Å². The third kappa shape index (κ3) is 5.73. The van der Waals surface area contributed by atoms with E-state index >= 15 is 0 Å². The van der Waals surface area contributed by atoms with Crippen LogP contribution in [0.2, 0.25) is 0 Å². The monoisotopic (exact) mass is 279 g/mol. The first-order valence-electron chi connectivity index (χ1n) is 6.78. The lowest BCUT2D eigenvalue weighted by Gasteiger charge is -2.10. The van der Waals surface area contributed by atoms with Crippen LogP contribution in [0.15, 0.2) is 18.2 Å². The number of benzene rings is 1. The predicted molar refractivity (Wildman–Crippen MR) is 77.1 cm³/mol. The topological polar surface area (TPSA) is 75.6 Å². The maximum absolute atomic E-state index is 11.7. The Labute approximate surface area is 118 Å². The van der Waals surface area contributed by atoms with E-state index in [0.29, 0.717) is 12.2 Å². The fraction of sp³-hybridized carbons (Fsp3) is 0.467. The lowest BCUT2D eigenvalue weighted by molar-refractivity contribution is -0.139. The van der Waals surface area contributed by atoms with Crippen molar-refractivity contribution in [2.24, 2.45) is 0 Å². The number of hydrogen-bond acceptors (Lipinski definition) is 3. The highest BCUT2D eigenvalue weighted by atomic mass is 16.5.